The van der Waals surface area contributed by atoms with Gasteiger partial charge in [0, 0.05) is 0 Å². The number of rotatable bonds is 1. The Morgan fingerprint density at radius 2 is 2.00 bits per heavy atom. The number of hydrogen-bond donors (Lipinski definition) is 0. The van der Waals surface area contributed by atoms with Crippen molar-refractivity contribution >= 4 is 0 Å². The van der Waals surface area contributed by atoms with Crippen molar-refractivity contribution in [1.82, 2.24) is 0 Å². The monoisotopic (exact) mass is 130 g/mol. The second-order valence-corrected chi connectivity index (χ2v) is 0.718. The summed E-state index contributed by atoms with van der Waals surface area (Å²) in [6.07, 6.45) is 5.15. The van der Waals surface area contributed by atoms with Crippen molar-refractivity contribution < 1.29 is 17.1 Å². The SMILES string of the molecule is [CH-]=CC=CC.[Cu+]. The molecule has 0 aromatic carbocycles. The fourth-order valence-electron chi connectivity index (χ4n) is 0.111. The number of allylic oxidation sites excluding steroid dienone is 3. The smallest absolute Gasteiger partial charge is 0.293 e. The third-order valence-corrected chi connectivity index (χ3v) is 0.304. The van der Waals surface area contributed by atoms with Gasteiger partial charge in [-0.15, -0.1) is 0 Å². The molecule has 0 aromatic heterocycles. The van der Waals surface area contributed by atoms with Gasteiger partial charge in [0.15, 0.2) is 0 Å². The Hall–Kier alpha value is -0.000519. The maximum atomic E-state index is 4.93. The minimum Gasteiger partial charge on any atom is -0.293 e. The van der Waals surface area contributed by atoms with Crippen LogP contribution in [-0.2, 0) is 17.1 Å². The van der Waals surface area contributed by atoms with E-state index >= 15 is 0 Å². The Morgan fingerprint density at radius 1 is 1.50 bits per heavy atom. The van der Waals surface area contributed by atoms with Crippen LogP contribution in [-0.4, -0.2) is 0 Å². The molecule has 0 bridgehead atoms. The molecule has 0 saturated heterocycles. The second kappa shape index (κ2) is 8.89. The summed E-state index contributed by atoms with van der Waals surface area (Å²) < 4.78 is 0. The van der Waals surface area contributed by atoms with Gasteiger partial charge < -0.3 is 0 Å². The van der Waals surface area contributed by atoms with Crippen LogP contribution in [0.5, 0.6) is 0 Å². The molecule has 0 radical (unpaired) electrons. The first-order chi connectivity index (χ1) is 2.41. The maximum absolute atomic E-state index is 4.93. The zero-order valence-electron chi connectivity index (χ0n) is 3.61. The summed E-state index contributed by atoms with van der Waals surface area (Å²) >= 11 is 0. The van der Waals surface area contributed by atoms with Crippen LogP contribution in [0.4, 0.5) is 0 Å². The molecule has 0 aliphatic carbocycles. The first-order valence-electron chi connectivity index (χ1n) is 1.58. The van der Waals surface area contributed by atoms with E-state index < -0.39 is 0 Å². The Morgan fingerprint density at radius 3 is 2.00 bits per heavy atom. The quantitative estimate of drug-likeness (QED) is 0.287. The minimum absolute atomic E-state index is 0. The molecule has 0 N–H and O–H groups in total. The fraction of sp³-hybridized carbons (Fsp3) is 0.200. The molecule has 0 aliphatic rings. The van der Waals surface area contributed by atoms with Gasteiger partial charge >= 0.3 is 17.1 Å². The van der Waals surface area contributed by atoms with Crippen molar-refractivity contribution in [3.05, 3.63) is 24.8 Å². The van der Waals surface area contributed by atoms with Crippen LogP contribution in [0.3, 0.4) is 0 Å². The Labute approximate surface area is 49.4 Å². The zero-order valence-corrected chi connectivity index (χ0v) is 4.55. The van der Waals surface area contributed by atoms with Crippen LogP contribution in [0, 0.1) is 6.58 Å². The predicted molar refractivity (Wildman–Crippen MR) is 23.7 cm³/mol. The fourth-order valence-corrected chi connectivity index (χ4v) is 0.111. The number of hydrogen-bond acceptors (Lipinski definition) is 0. The molecule has 0 atom stereocenters. The first-order valence-corrected chi connectivity index (χ1v) is 1.58. The van der Waals surface area contributed by atoms with Crippen molar-refractivity contribution in [2.75, 3.05) is 0 Å². The summed E-state index contributed by atoms with van der Waals surface area (Å²) in [7, 11) is 0. The molecule has 0 nitrogen and oxygen atoms in total. The largest absolute Gasteiger partial charge is 1.00 e. The molecular formula is C5H7Cu. The van der Waals surface area contributed by atoms with Crippen molar-refractivity contribution in [2.24, 2.45) is 0 Å². The molecule has 0 spiro atoms. The summed E-state index contributed by atoms with van der Waals surface area (Å²) in [5.74, 6) is 0. The Kier molecular flexibility index (Phi) is 13.9. The van der Waals surface area contributed by atoms with Gasteiger partial charge in [-0.05, 0) is 0 Å². The van der Waals surface area contributed by atoms with Gasteiger partial charge in [-0.3, -0.25) is 6.58 Å². The van der Waals surface area contributed by atoms with Crippen LogP contribution in [0.2, 0.25) is 0 Å². The topological polar surface area (TPSA) is 0 Å². The summed E-state index contributed by atoms with van der Waals surface area (Å²) in [4.78, 5) is 0. The van der Waals surface area contributed by atoms with E-state index in [1.54, 1.807) is 6.08 Å². The maximum Gasteiger partial charge on any atom is 1.00 e. The van der Waals surface area contributed by atoms with E-state index in [4.69, 9.17) is 6.58 Å². The molecule has 0 heterocycles. The van der Waals surface area contributed by atoms with Gasteiger partial charge in [-0.25, -0.2) is 12.2 Å². The molecule has 6 heavy (non-hydrogen) atoms. The third kappa shape index (κ3) is 9.00. The molecular weight excluding hydrogens is 124 g/mol. The summed E-state index contributed by atoms with van der Waals surface area (Å²) in [5, 5.41) is 0. The normalized spacial score (nSPS) is 7.50. The van der Waals surface area contributed by atoms with Gasteiger partial charge in [0.25, 0.3) is 0 Å². The molecule has 38 valence electrons. The van der Waals surface area contributed by atoms with Gasteiger partial charge in [0.2, 0.25) is 0 Å². The summed E-state index contributed by atoms with van der Waals surface area (Å²) in [5.41, 5.74) is 0. The molecule has 0 fully saturated rings. The Bertz CT molecular complexity index is 45.9. The van der Waals surface area contributed by atoms with Crippen molar-refractivity contribution in [3.8, 4) is 0 Å². The van der Waals surface area contributed by atoms with Crippen molar-refractivity contribution in [2.45, 2.75) is 6.92 Å². The van der Waals surface area contributed by atoms with Gasteiger partial charge in [0.1, 0.15) is 0 Å². The third-order valence-electron chi connectivity index (χ3n) is 0.304. The average Bonchev–Trinajstić information content (AvgIpc) is 1.41. The van der Waals surface area contributed by atoms with Crippen LogP contribution in [0.1, 0.15) is 6.92 Å². The average molecular weight is 131 g/mol. The van der Waals surface area contributed by atoms with E-state index in [1.165, 1.54) is 6.08 Å². The van der Waals surface area contributed by atoms with Gasteiger partial charge in [0.05, 0.1) is 0 Å². The van der Waals surface area contributed by atoms with Crippen molar-refractivity contribution in [3.63, 3.8) is 0 Å². The van der Waals surface area contributed by atoms with Crippen molar-refractivity contribution in [1.29, 1.82) is 0 Å². The van der Waals surface area contributed by atoms with Crippen LogP contribution < -0.4 is 0 Å². The summed E-state index contributed by atoms with van der Waals surface area (Å²) in [6, 6.07) is 0. The standard InChI is InChI=1S/C5H7.Cu/c1-3-5-4-2;/h1,3-5H,2H3;/q-1;+1. The second-order valence-electron chi connectivity index (χ2n) is 0.718. The van der Waals surface area contributed by atoms with E-state index in [0.29, 0.717) is 0 Å². The molecule has 1 heteroatoms. The molecule has 0 aromatic rings. The van der Waals surface area contributed by atoms with E-state index in [2.05, 4.69) is 0 Å². The van der Waals surface area contributed by atoms with Gasteiger partial charge in [-0.2, -0.15) is 6.08 Å². The minimum atomic E-state index is 0. The first kappa shape index (κ1) is 9.37. The van der Waals surface area contributed by atoms with E-state index in [1.807, 2.05) is 13.0 Å². The van der Waals surface area contributed by atoms with E-state index in [0.717, 1.165) is 0 Å². The molecule has 0 amide bonds. The summed E-state index contributed by atoms with van der Waals surface area (Å²) in [6.45, 7) is 6.85. The molecule has 0 unspecified atom stereocenters. The molecule has 0 saturated carbocycles. The van der Waals surface area contributed by atoms with Crippen LogP contribution >= 0.6 is 0 Å². The van der Waals surface area contributed by atoms with E-state index in [9.17, 15) is 0 Å². The molecule has 0 aliphatic heterocycles. The Balaban J connectivity index is 0. The zero-order chi connectivity index (χ0) is 4.12. The van der Waals surface area contributed by atoms with Crippen LogP contribution in [0.25, 0.3) is 0 Å². The van der Waals surface area contributed by atoms with Gasteiger partial charge in [-0.1, -0.05) is 6.92 Å². The van der Waals surface area contributed by atoms with E-state index in [-0.39, 0.29) is 17.1 Å². The van der Waals surface area contributed by atoms with Crippen LogP contribution in [0.15, 0.2) is 18.2 Å². The molecule has 0 rings (SSSR count). The predicted octanol–water partition coefficient (Wildman–Crippen LogP) is 1.55.